The Morgan fingerprint density at radius 1 is 1.42 bits per heavy atom. The molecule has 106 valence electrons. The fraction of sp³-hybridized carbons (Fsp3) is 0.625. The van der Waals surface area contributed by atoms with E-state index in [1.54, 1.807) is 0 Å². The van der Waals surface area contributed by atoms with E-state index in [0.29, 0.717) is 17.9 Å². The topological polar surface area (TPSA) is 21.3 Å². The normalized spacial score (nSPS) is 20.8. The van der Waals surface area contributed by atoms with Crippen LogP contribution in [-0.2, 0) is 0 Å². The summed E-state index contributed by atoms with van der Waals surface area (Å²) in [5.41, 5.74) is 1.12. The molecule has 0 radical (unpaired) electrons. The van der Waals surface area contributed by atoms with Crippen LogP contribution < -0.4 is 10.1 Å². The summed E-state index contributed by atoms with van der Waals surface area (Å²) in [5.74, 6) is 2.25. The molecule has 1 fully saturated rings. The minimum Gasteiger partial charge on any atom is -0.490 e. The van der Waals surface area contributed by atoms with Crippen molar-refractivity contribution in [2.75, 3.05) is 13.1 Å². The van der Waals surface area contributed by atoms with E-state index < -0.39 is 0 Å². The van der Waals surface area contributed by atoms with Gasteiger partial charge in [-0.05, 0) is 56.0 Å². The van der Waals surface area contributed by atoms with Crippen LogP contribution in [0.5, 0.6) is 5.75 Å². The van der Waals surface area contributed by atoms with E-state index in [0.717, 1.165) is 35.8 Å². The molecular weight excluding hydrogens is 258 g/mol. The summed E-state index contributed by atoms with van der Waals surface area (Å²) in [5, 5.41) is 4.21. The minimum atomic E-state index is 0.301. The molecule has 0 aromatic heterocycles. The van der Waals surface area contributed by atoms with Gasteiger partial charge in [0, 0.05) is 17.5 Å². The molecule has 1 N–H and O–H groups in total. The molecule has 0 amide bonds. The van der Waals surface area contributed by atoms with Gasteiger partial charge in [0.2, 0.25) is 0 Å². The third-order valence-electron chi connectivity index (χ3n) is 3.74. The number of benzene rings is 1. The first kappa shape index (κ1) is 14.7. The van der Waals surface area contributed by atoms with Crippen molar-refractivity contribution in [3.8, 4) is 5.75 Å². The molecule has 1 heterocycles. The van der Waals surface area contributed by atoms with Gasteiger partial charge in [-0.2, -0.15) is 0 Å². The van der Waals surface area contributed by atoms with Crippen molar-refractivity contribution >= 4 is 11.6 Å². The van der Waals surface area contributed by atoms with Crippen LogP contribution in [0.15, 0.2) is 18.2 Å². The Hall–Kier alpha value is -0.730. The second-order valence-corrected chi connectivity index (χ2v) is 6.38. The highest BCUT2D eigenvalue weighted by molar-refractivity contribution is 6.30. The van der Waals surface area contributed by atoms with E-state index in [1.807, 2.05) is 18.2 Å². The van der Waals surface area contributed by atoms with Crippen LogP contribution in [0.1, 0.15) is 32.3 Å². The first-order valence-corrected chi connectivity index (χ1v) is 7.57. The zero-order valence-electron chi connectivity index (χ0n) is 12.1. The summed E-state index contributed by atoms with van der Waals surface area (Å²) in [4.78, 5) is 0. The first-order chi connectivity index (χ1) is 9.06. The molecule has 0 spiro atoms. The number of rotatable bonds is 5. The van der Waals surface area contributed by atoms with Crippen LogP contribution in [0, 0.1) is 18.8 Å². The second-order valence-electron chi connectivity index (χ2n) is 5.95. The lowest BCUT2D eigenvalue weighted by atomic mass is 9.93. The Kier molecular flexibility index (Phi) is 5.12. The van der Waals surface area contributed by atoms with Gasteiger partial charge >= 0.3 is 0 Å². The van der Waals surface area contributed by atoms with Gasteiger partial charge in [-0.25, -0.2) is 0 Å². The maximum Gasteiger partial charge on any atom is 0.122 e. The third-order valence-corrected chi connectivity index (χ3v) is 3.98. The maximum absolute atomic E-state index is 6.30. The number of aryl methyl sites for hydroxylation is 1. The molecule has 2 nitrogen and oxygen atoms in total. The maximum atomic E-state index is 6.30. The van der Waals surface area contributed by atoms with Crippen LogP contribution >= 0.6 is 11.6 Å². The van der Waals surface area contributed by atoms with Crippen molar-refractivity contribution in [2.24, 2.45) is 11.8 Å². The molecule has 2 atom stereocenters. The predicted octanol–water partition coefficient (Wildman–Crippen LogP) is 4.05. The Bertz CT molecular complexity index is 413. The molecule has 3 heteroatoms. The van der Waals surface area contributed by atoms with E-state index >= 15 is 0 Å². The Balaban J connectivity index is 2.09. The standard InChI is InChI=1S/C16H24ClNO/c1-11(2)8-16(13-6-7-18-10-13)19-15-5-4-14(17)9-12(15)3/h4-5,9,11,13,16,18H,6-8,10H2,1-3H3. The molecule has 0 aliphatic carbocycles. The van der Waals surface area contributed by atoms with Crippen molar-refractivity contribution in [3.63, 3.8) is 0 Å². The molecule has 1 aromatic carbocycles. The van der Waals surface area contributed by atoms with Crippen molar-refractivity contribution in [1.29, 1.82) is 0 Å². The number of halogens is 1. The summed E-state index contributed by atoms with van der Waals surface area (Å²) in [7, 11) is 0. The SMILES string of the molecule is Cc1cc(Cl)ccc1OC(CC(C)C)C1CCNC1. The Morgan fingerprint density at radius 3 is 2.79 bits per heavy atom. The van der Waals surface area contributed by atoms with Crippen LogP contribution in [0.4, 0.5) is 0 Å². The molecule has 1 saturated heterocycles. The van der Waals surface area contributed by atoms with Gasteiger partial charge in [0.15, 0.2) is 0 Å². The summed E-state index contributed by atoms with van der Waals surface area (Å²) in [6.07, 6.45) is 2.62. The fourth-order valence-electron chi connectivity index (χ4n) is 2.70. The zero-order valence-corrected chi connectivity index (χ0v) is 12.8. The molecule has 1 aromatic rings. The Labute approximate surface area is 121 Å². The van der Waals surface area contributed by atoms with E-state index in [1.165, 1.54) is 6.42 Å². The van der Waals surface area contributed by atoms with Crippen LogP contribution in [0.2, 0.25) is 5.02 Å². The largest absolute Gasteiger partial charge is 0.490 e. The summed E-state index contributed by atoms with van der Waals surface area (Å²) >= 11 is 6.00. The summed E-state index contributed by atoms with van der Waals surface area (Å²) < 4.78 is 6.30. The lowest BCUT2D eigenvalue weighted by Gasteiger charge is -2.26. The number of ether oxygens (including phenoxy) is 1. The highest BCUT2D eigenvalue weighted by Crippen LogP contribution is 2.28. The number of hydrogen-bond acceptors (Lipinski definition) is 2. The third kappa shape index (κ3) is 4.12. The van der Waals surface area contributed by atoms with E-state index in [4.69, 9.17) is 16.3 Å². The van der Waals surface area contributed by atoms with Gasteiger partial charge in [-0.3, -0.25) is 0 Å². The second kappa shape index (κ2) is 6.62. The van der Waals surface area contributed by atoms with Crippen LogP contribution in [0.3, 0.4) is 0 Å². The zero-order chi connectivity index (χ0) is 13.8. The average Bonchev–Trinajstić information content (AvgIpc) is 2.84. The van der Waals surface area contributed by atoms with Gasteiger partial charge in [-0.1, -0.05) is 25.4 Å². The van der Waals surface area contributed by atoms with Crippen molar-refractivity contribution in [2.45, 2.75) is 39.7 Å². The van der Waals surface area contributed by atoms with Crippen molar-refractivity contribution in [3.05, 3.63) is 28.8 Å². The van der Waals surface area contributed by atoms with Gasteiger partial charge in [0.05, 0.1) is 0 Å². The number of hydrogen-bond donors (Lipinski definition) is 1. The predicted molar refractivity (Wildman–Crippen MR) is 81.0 cm³/mol. The highest BCUT2D eigenvalue weighted by atomic mass is 35.5. The van der Waals surface area contributed by atoms with E-state index in [2.05, 4.69) is 26.1 Å². The van der Waals surface area contributed by atoms with E-state index in [-0.39, 0.29) is 0 Å². The molecule has 0 bridgehead atoms. The molecule has 2 rings (SSSR count). The lowest BCUT2D eigenvalue weighted by molar-refractivity contribution is 0.119. The van der Waals surface area contributed by atoms with Gasteiger partial charge in [-0.15, -0.1) is 0 Å². The van der Waals surface area contributed by atoms with Crippen molar-refractivity contribution in [1.82, 2.24) is 5.32 Å². The first-order valence-electron chi connectivity index (χ1n) is 7.19. The van der Waals surface area contributed by atoms with Crippen LogP contribution in [0.25, 0.3) is 0 Å². The average molecular weight is 282 g/mol. The van der Waals surface area contributed by atoms with Crippen LogP contribution in [-0.4, -0.2) is 19.2 Å². The lowest BCUT2D eigenvalue weighted by Crippen LogP contribution is -2.30. The highest BCUT2D eigenvalue weighted by Gasteiger charge is 2.27. The molecule has 19 heavy (non-hydrogen) atoms. The molecule has 1 aliphatic heterocycles. The quantitative estimate of drug-likeness (QED) is 0.879. The summed E-state index contributed by atoms with van der Waals surface area (Å²) in [6.45, 7) is 8.76. The smallest absolute Gasteiger partial charge is 0.122 e. The molecule has 0 saturated carbocycles. The molecule has 1 aliphatic rings. The molecular formula is C16H24ClNO. The minimum absolute atomic E-state index is 0.301. The van der Waals surface area contributed by atoms with E-state index in [9.17, 15) is 0 Å². The monoisotopic (exact) mass is 281 g/mol. The van der Waals surface area contributed by atoms with Gasteiger partial charge < -0.3 is 10.1 Å². The summed E-state index contributed by atoms with van der Waals surface area (Å²) in [6, 6.07) is 5.87. The van der Waals surface area contributed by atoms with Crippen molar-refractivity contribution < 1.29 is 4.74 Å². The molecule has 2 unspecified atom stereocenters. The van der Waals surface area contributed by atoms with Gasteiger partial charge in [0.1, 0.15) is 11.9 Å². The number of nitrogens with one attached hydrogen (secondary N) is 1. The Morgan fingerprint density at radius 2 is 2.21 bits per heavy atom. The van der Waals surface area contributed by atoms with Gasteiger partial charge in [0.25, 0.3) is 0 Å². The fourth-order valence-corrected chi connectivity index (χ4v) is 2.93.